The molecule has 178 valence electrons. The minimum Gasteiger partial charge on any atom is -0.497 e. The molecule has 0 saturated carbocycles. The van der Waals surface area contributed by atoms with E-state index in [9.17, 15) is 18.3 Å². The fourth-order valence-electron chi connectivity index (χ4n) is 4.78. The lowest BCUT2D eigenvalue weighted by Gasteiger charge is -2.36. The van der Waals surface area contributed by atoms with Crippen molar-refractivity contribution in [2.45, 2.75) is 30.6 Å². The molecule has 2 aliphatic heterocycles. The van der Waals surface area contributed by atoms with E-state index < -0.39 is 16.0 Å². The van der Waals surface area contributed by atoms with Crippen molar-refractivity contribution in [3.8, 4) is 5.75 Å². The third kappa shape index (κ3) is 5.59. The highest BCUT2D eigenvalue weighted by molar-refractivity contribution is 7.92. The highest BCUT2D eigenvalue weighted by Gasteiger charge is 2.26. The highest BCUT2D eigenvalue weighted by atomic mass is 32.2. The van der Waals surface area contributed by atoms with Gasteiger partial charge in [-0.3, -0.25) is 4.72 Å². The summed E-state index contributed by atoms with van der Waals surface area (Å²) in [7, 11) is -2.35. The Balaban J connectivity index is 1.51. The molecule has 0 bridgehead atoms. The smallest absolute Gasteiger partial charge is 0.337 e. The van der Waals surface area contributed by atoms with Crippen molar-refractivity contribution in [2.75, 3.05) is 49.5 Å². The molecule has 2 saturated heterocycles. The van der Waals surface area contributed by atoms with E-state index in [1.807, 2.05) is 0 Å². The second kappa shape index (κ2) is 10.0. The predicted molar refractivity (Wildman–Crippen MR) is 128 cm³/mol. The molecule has 0 aromatic heterocycles. The fraction of sp³-hybridized carbons (Fsp3) is 0.458. The van der Waals surface area contributed by atoms with E-state index in [1.165, 1.54) is 38.2 Å². The number of likely N-dealkylation sites (tertiary alicyclic amines) is 1. The summed E-state index contributed by atoms with van der Waals surface area (Å²) >= 11 is 0. The van der Waals surface area contributed by atoms with Crippen molar-refractivity contribution in [1.29, 1.82) is 0 Å². The van der Waals surface area contributed by atoms with Gasteiger partial charge in [-0.15, -0.1) is 0 Å². The maximum atomic E-state index is 12.8. The highest BCUT2D eigenvalue weighted by Crippen LogP contribution is 2.30. The topological polar surface area (TPSA) is 99.2 Å². The minimum absolute atomic E-state index is 0.0741. The molecule has 0 spiro atoms. The van der Waals surface area contributed by atoms with E-state index in [-0.39, 0.29) is 16.1 Å². The number of nitrogens with zero attached hydrogens (tertiary/aromatic N) is 2. The van der Waals surface area contributed by atoms with Crippen molar-refractivity contribution in [2.24, 2.45) is 5.92 Å². The molecule has 2 heterocycles. The van der Waals surface area contributed by atoms with Crippen LogP contribution in [0.3, 0.4) is 0 Å². The van der Waals surface area contributed by atoms with Gasteiger partial charge in [0.15, 0.2) is 0 Å². The van der Waals surface area contributed by atoms with Gasteiger partial charge in [0.05, 0.1) is 23.3 Å². The van der Waals surface area contributed by atoms with Gasteiger partial charge < -0.3 is 19.6 Å². The molecule has 2 aromatic carbocycles. The molecule has 0 aliphatic carbocycles. The Bertz CT molecular complexity index is 1080. The van der Waals surface area contributed by atoms with Gasteiger partial charge in [0.25, 0.3) is 10.0 Å². The van der Waals surface area contributed by atoms with Crippen molar-refractivity contribution in [1.82, 2.24) is 4.90 Å². The van der Waals surface area contributed by atoms with E-state index in [4.69, 9.17) is 4.74 Å². The molecule has 4 rings (SSSR count). The lowest BCUT2D eigenvalue weighted by atomic mass is 9.96. The number of hydrogen-bond acceptors (Lipinski definition) is 6. The number of anilines is 2. The molecular weight excluding hydrogens is 442 g/mol. The van der Waals surface area contributed by atoms with E-state index in [0.29, 0.717) is 17.4 Å². The zero-order chi connectivity index (χ0) is 23.4. The molecule has 0 radical (unpaired) electrons. The first kappa shape index (κ1) is 23.4. The third-order valence-corrected chi connectivity index (χ3v) is 7.82. The van der Waals surface area contributed by atoms with Gasteiger partial charge in [-0.2, -0.15) is 0 Å². The van der Waals surface area contributed by atoms with Crippen LogP contribution in [0, 0.1) is 5.92 Å². The van der Waals surface area contributed by atoms with Crippen LogP contribution in [0.5, 0.6) is 5.75 Å². The van der Waals surface area contributed by atoms with E-state index in [0.717, 1.165) is 45.6 Å². The number of aromatic carboxylic acids is 1. The number of sulfonamides is 1. The van der Waals surface area contributed by atoms with E-state index in [2.05, 4.69) is 14.5 Å². The maximum absolute atomic E-state index is 12.8. The molecule has 33 heavy (non-hydrogen) atoms. The summed E-state index contributed by atoms with van der Waals surface area (Å²) in [4.78, 5) is 16.8. The van der Waals surface area contributed by atoms with Crippen LogP contribution >= 0.6 is 0 Å². The Labute approximate surface area is 195 Å². The van der Waals surface area contributed by atoms with E-state index in [1.54, 1.807) is 24.3 Å². The molecule has 0 amide bonds. The zero-order valence-corrected chi connectivity index (χ0v) is 19.7. The van der Waals surface area contributed by atoms with Crippen LogP contribution in [0.1, 0.15) is 36.0 Å². The molecular formula is C24H31N3O5S. The van der Waals surface area contributed by atoms with Crippen LogP contribution in [0.25, 0.3) is 0 Å². The summed E-state index contributed by atoms with van der Waals surface area (Å²) in [6, 6.07) is 10.8. The Morgan fingerprint density at radius 3 is 2.48 bits per heavy atom. The number of rotatable bonds is 8. The Kier molecular flexibility index (Phi) is 7.09. The molecule has 2 N–H and O–H groups in total. The minimum atomic E-state index is -3.86. The van der Waals surface area contributed by atoms with Crippen LogP contribution < -0.4 is 14.4 Å². The lowest BCUT2D eigenvalue weighted by molar-refractivity contribution is 0.0697. The van der Waals surface area contributed by atoms with Gasteiger partial charge in [0.2, 0.25) is 0 Å². The number of carbonyl (C=O) groups is 1. The van der Waals surface area contributed by atoms with Crippen LogP contribution in [0.2, 0.25) is 0 Å². The van der Waals surface area contributed by atoms with Crippen molar-refractivity contribution >= 4 is 27.4 Å². The van der Waals surface area contributed by atoms with Crippen molar-refractivity contribution in [3.05, 3.63) is 48.0 Å². The number of carboxylic acid groups (broad SMARTS) is 1. The normalized spacial score (nSPS) is 19.4. The number of benzene rings is 2. The molecule has 9 heteroatoms. The standard InChI is InChI=1S/C24H31N3O5S/c1-32-20-7-9-21(10-8-20)33(30,31)25-19-6-11-23(22(15-19)24(28)29)27-14-4-5-18(17-27)16-26-12-2-3-13-26/h6-11,15,18,25H,2-5,12-14,16-17H2,1H3,(H,28,29)/t18-/m0/s1. The summed E-state index contributed by atoms with van der Waals surface area (Å²) in [5, 5.41) is 9.86. The van der Waals surface area contributed by atoms with Gasteiger partial charge in [-0.25, -0.2) is 13.2 Å². The number of methoxy groups -OCH3 is 1. The fourth-order valence-corrected chi connectivity index (χ4v) is 5.83. The summed E-state index contributed by atoms with van der Waals surface area (Å²) in [5.41, 5.74) is 0.963. The predicted octanol–water partition coefficient (Wildman–Crippen LogP) is 3.51. The SMILES string of the molecule is COc1ccc(S(=O)(=O)Nc2ccc(N3CCC[C@@H](CN4CCCC4)C3)c(C(=O)O)c2)cc1. The Morgan fingerprint density at radius 2 is 1.82 bits per heavy atom. The first-order valence-corrected chi connectivity index (χ1v) is 12.9. The van der Waals surface area contributed by atoms with Gasteiger partial charge >= 0.3 is 5.97 Å². The largest absolute Gasteiger partial charge is 0.497 e. The number of ether oxygens (including phenoxy) is 1. The molecule has 2 aromatic rings. The van der Waals surface area contributed by atoms with Crippen LogP contribution in [-0.4, -0.2) is 64.2 Å². The number of carboxylic acids is 1. The average molecular weight is 474 g/mol. The monoisotopic (exact) mass is 473 g/mol. The van der Waals surface area contributed by atoms with Crippen LogP contribution in [0.4, 0.5) is 11.4 Å². The number of piperidine rings is 1. The summed E-state index contributed by atoms with van der Waals surface area (Å²) < 4.78 is 33.1. The van der Waals surface area contributed by atoms with Crippen LogP contribution in [0.15, 0.2) is 47.4 Å². The van der Waals surface area contributed by atoms with Crippen molar-refractivity contribution in [3.63, 3.8) is 0 Å². The Morgan fingerprint density at radius 1 is 1.09 bits per heavy atom. The van der Waals surface area contributed by atoms with Gasteiger partial charge in [0.1, 0.15) is 5.75 Å². The van der Waals surface area contributed by atoms with Gasteiger partial charge in [0, 0.05) is 25.3 Å². The second-order valence-electron chi connectivity index (χ2n) is 8.78. The summed E-state index contributed by atoms with van der Waals surface area (Å²) in [6.07, 6.45) is 4.68. The summed E-state index contributed by atoms with van der Waals surface area (Å²) in [6.45, 7) is 4.97. The van der Waals surface area contributed by atoms with E-state index >= 15 is 0 Å². The second-order valence-corrected chi connectivity index (χ2v) is 10.5. The van der Waals surface area contributed by atoms with Crippen molar-refractivity contribution < 1.29 is 23.1 Å². The number of nitrogens with one attached hydrogen (secondary N) is 1. The molecule has 8 nitrogen and oxygen atoms in total. The average Bonchev–Trinajstić information content (AvgIpc) is 3.32. The lowest BCUT2D eigenvalue weighted by Crippen LogP contribution is -2.41. The molecule has 0 unspecified atom stereocenters. The zero-order valence-electron chi connectivity index (χ0n) is 18.9. The molecule has 2 aliphatic rings. The molecule has 2 fully saturated rings. The third-order valence-electron chi connectivity index (χ3n) is 6.42. The maximum Gasteiger partial charge on any atom is 0.337 e. The first-order chi connectivity index (χ1) is 15.9. The Hall–Kier alpha value is -2.78. The quantitative estimate of drug-likeness (QED) is 0.605. The molecule has 1 atom stereocenters. The van der Waals surface area contributed by atoms with Gasteiger partial charge in [-0.05, 0) is 87.2 Å². The summed E-state index contributed by atoms with van der Waals surface area (Å²) in [5.74, 6) is -0.0139. The first-order valence-electron chi connectivity index (χ1n) is 11.4. The van der Waals surface area contributed by atoms with Gasteiger partial charge in [-0.1, -0.05) is 0 Å². The van der Waals surface area contributed by atoms with Crippen LogP contribution in [-0.2, 0) is 10.0 Å². The number of hydrogen-bond donors (Lipinski definition) is 2.